The lowest BCUT2D eigenvalue weighted by atomic mass is 9.93. The van der Waals surface area contributed by atoms with E-state index < -0.39 is 6.04 Å². The second-order valence-electron chi connectivity index (χ2n) is 8.82. The molecule has 0 amide bonds. The summed E-state index contributed by atoms with van der Waals surface area (Å²) in [4.78, 5) is 21.6. The van der Waals surface area contributed by atoms with Crippen molar-refractivity contribution in [1.82, 2.24) is 25.1 Å². The maximum absolute atomic E-state index is 13.1. The Bertz CT molecular complexity index is 1640. The van der Waals surface area contributed by atoms with Gasteiger partial charge in [0.1, 0.15) is 27.6 Å². The Labute approximate surface area is 214 Å². The van der Waals surface area contributed by atoms with Crippen LogP contribution in [-0.2, 0) is 0 Å². The molecule has 2 unspecified atom stereocenters. The van der Waals surface area contributed by atoms with E-state index in [0.29, 0.717) is 37.7 Å². The van der Waals surface area contributed by atoms with Crippen LogP contribution in [0.25, 0.3) is 32.9 Å². The Morgan fingerprint density at radius 3 is 2.80 bits per heavy atom. The molecule has 1 saturated heterocycles. The van der Waals surface area contributed by atoms with E-state index in [1.54, 1.807) is 4.68 Å². The SMILES string of the molecule is CC(c1oc(=O)c2ccccc2c1-c1cccc(C2CCCN2)c1)n1nc(I)c2c(N)ncnc21. The molecule has 1 aliphatic heterocycles. The number of nitrogens with zero attached hydrogens (tertiary/aromatic N) is 4. The van der Waals surface area contributed by atoms with E-state index in [2.05, 4.69) is 62.1 Å². The van der Waals surface area contributed by atoms with Crippen molar-refractivity contribution in [3.8, 4) is 11.1 Å². The number of hydrogen-bond acceptors (Lipinski definition) is 7. The lowest BCUT2D eigenvalue weighted by Gasteiger charge is -2.19. The van der Waals surface area contributed by atoms with Crippen molar-refractivity contribution in [1.29, 1.82) is 0 Å². The Morgan fingerprint density at radius 2 is 2.00 bits per heavy atom. The first-order chi connectivity index (χ1) is 17.0. The molecule has 8 nitrogen and oxygen atoms in total. The van der Waals surface area contributed by atoms with Gasteiger partial charge < -0.3 is 15.5 Å². The molecule has 1 fully saturated rings. The smallest absolute Gasteiger partial charge is 0.343 e. The molecule has 3 N–H and O–H groups in total. The summed E-state index contributed by atoms with van der Waals surface area (Å²) in [5.41, 5.74) is 9.45. The number of benzene rings is 2. The molecule has 2 atom stereocenters. The fourth-order valence-electron chi connectivity index (χ4n) is 5.02. The summed E-state index contributed by atoms with van der Waals surface area (Å²) in [6, 6.07) is 16.0. The molecule has 176 valence electrons. The van der Waals surface area contributed by atoms with Crippen molar-refractivity contribution in [2.24, 2.45) is 0 Å². The molecule has 0 bridgehead atoms. The number of anilines is 1. The highest BCUT2D eigenvalue weighted by molar-refractivity contribution is 14.1. The summed E-state index contributed by atoms with van der Waals surface area (Å²) in [6.45, 7) is 2.98. The minimum absolute atomic E-state index is 0.328. The van der Waals surface area contributed by atoms with Gasteiger partial charge in [-0.1, -0.05) is 36.4 Å². The monoisotopic (exact) mass is 578 g/mol. The Morgan fingerprint density at radius 1 is 1.17 bits per heavy atom. The zero-order valence-corrected chi connectivity index (χ0v) is 21.2. The molecule has 3 aromatic heterocycles. The maximum atomic E-state index is 13.1. The lowest BCUT2D eigenvalue weighted by molar-refractivity contribution is 0.404. The quantitative estimate of drug-likeness (QED) is 0.294. The molecule has 0 saturated carbocycles. The van der Waals surface area contributed by atoms with Gasteiger partial charge in [0.15, 0.2) is 5.65 Å². The first-order valence-corrected chi connectivity index (χ1v) is 12.6. The lowest BCUT2D eigenvalue weighted by Crippen LogP contribution is -2.15. The van der Waals surface area contributed by atoms with Gasteiger partial charge in [-0.05, 0) is 72.2 Å². The van der Waals surface area contributed by atoms with Gasteiger partial charge in [-0.2, -0.15) is 5.10 Å². The van der Waals surface area contributed by atoms with Crippen molar-refractivity contribution in [2.45, 2.75) is 31.8 Å². The van der Waals surface area contributed by atoms with Crippen LogP contribution in [0.4, 0.5) is 5.82 Å². The highest BCUT2D eigenvalue weighted by Gasteiger charge is 2.26. The minimum atomic E-state index is -0.420. The van der Waals surface area contributed by atoms with E-state index in [9.17, 15) is 4.79 Å². The summed E-state index contributed by atoms with van der Waals surface area (Å²) >= 11 is 2.13. The Balaban J connectivity index is 1.61. The molecule has 2 aromatic carbocycles. The minimum Gasteiger partial charge on any atom is -0.424 e. The number of rotatable bonds is 4. The number of nitrogens with one attached hydrogen (secondary N) is 1. The van der Waals surface area contributed by atoms with Gasteiger partial charge in [-0.3, -0.25) is 0 Å². The van der Waals surface area contributed by atoms with E-state index in [-0.39, 0.29) is 5.63 Å². The Kier molecular flexibility index (Phi) is 5.53. The number of fused-ring (bicyclic) bond motifs is 2. The van der Waals surface area contributed by atoms with Crippen LogP contribution in [0.1, 0.15) is 43.2 Å². The predicted molar refractivity (Wildman–Crippen MR) is 144 cm³/mol. The summed E-state index contributed by atoms with van der Waals surface area (Å²) in [5.74, 6) is 0.901. The largest absolute Gasteiger partial charge is 0.424 e. The molecule has 4 heterocycles. The third kappa shape index (κ3) is 3.69. The van der Waals surface area contributed by atoms with E-state index in [1.807, 2.05) is 31.2 Å². The van der Waals surface area contributed by atoms with E-state index in [1.165, 1.54) is 11.9 Å². The normalized spacial score (nSPS) is 16.8. The molecule has 1 aliphatic rings. The van der Waals surface area contributed by atoms with Crippen LogP contribution in [-0.4, -0.2) is 26.3 Å². The Hall–Kier alpha value is -3.31. The van der Waals surface area contributed by atoms with Gasteiger partial charge in [-0.15, -0.1) is 0 Å². The summed E-state index contributed by atoms with van der Waals surface area (Å²) in [6.07, 6.45) is 3.70. The second kappa shape index (κ2) is 8.72. The zero-order valence-electron chi connectivity index (χ0n) is 19.0. The predicted octanol–water partition coefficient (Wildman–Crippen LogP) is 4.82. The molecular weight excluding hydrogens is 555 g/mol. The van der Waals surface area contributed by atoms with Crippen molar-refractivity contribution in [3.63, 3.8) is 0 Å². The van der Waals surface area contributed by atoms with E-state index >= 15 is 0 Å². The highest BCUT2D eigenvalue weighted by Crippen LogP contribution is 2.38. The summed E-state index contributed by atoms with van der Waals surface area (Å²) < 4.78 is 8.49. The molecule has 0 radical (unpaired) electrons. The maximum Gasteiger partial charge on any atom is 0.343 e. The van der Waals surface area contributed by atoms with Gasteiger partial charge in [0.25, 0.3) is 0 Å². The van der Waals surface area contributed by atoms with E-state index in [4.69, 9.17) is 15.2 Å². The first-order valence-electron chi connectivity index (χ1n) is 11.6. The zero-order chi connectivity index (χ0) is 24.1. The second-order valence-corrected chi connectivity index (χ2v) is 9.84. The van der Waals surface area contributed by atoms with Gasteiger partial charge in [0.05, 0.1) is 10.8 Å². The average molecular weight is 578 g/mol. The van der Waals surface area contributed by atoms with Crippen LogP contribution >= 0.6 is 22.6 Å². The number of aromatic nitrogens is 4. The van der Waals surface area contributed by atoms with Crippen LogP contribution in [0.3, 0.4) is 0 Å². The van der Waals surface area contributed by atoms with Crippen LogP contribution in [0, 0.1) is 3.70 Å². The molecule has 35 heavy (non-hydrogen) atoms. The molecular formula is C26H23IN6O2. The fourth-order valence-corrected chi connectivity index (χ4v) is 5.77. The van der Waals surface area contributed by atoms with E-state index in [0.717, 1.165) is 35.9 Å². The molecule has 5 aromatic rings. The average Bonchev–Trinajstić information content (AvgIpc) is 3.53. The summed E-state index contributed by atoms with van der Waals surface area (Å²) in [5, 5.41) is 10.4. The van der Waals surface area contributed by atoms with Crippen LogP contribution in [0.2, 0.25) is 0 Å². The fraction of sp³-hybridized carbons (Fsp3) is 0.231. The third-order valence-electron chi connectivity index (χ3n) is 6.73. The van der Waals surface area contributed by atoms with Crippen LogP contribution < -0.4 is 16.7 Å². The first kappa shape index (κ1) is 22.2. The van der Waals surface area contributed by atoms with Crippen molar-refractivity contribution < 1.29 is 4.42 Å². The summed E-state index contributed by atoms with van der Waals surface area (Å²) in [7, 11) is 0. The van der Waals surface area contributed by atoms with Gasteiger partial charge in [0.2, 0.25) is 0 Å². The number of nitrogens with two attached hydrogens (primary N) is 1. The van der Waals surface area contributed by atoms with Crippen LogP contribution in [0.5, 0.6) is 0 Å². The third-order valence-corrected chi connectivity index (χ3v) is 7.48. The van der Waals surface area contributed by atoms with Crippen molar-refractivity contribution >= 4 is 50.2 Å². The number of halogens is 1. The molecule has 9 heteroatoms. The van der Waals surface area contributed by atoms with Crippen LogP contribution in [0.15, 0.2) is 64.1 Å². The topological polar surface area (TPSA) is 112 Å². The number of hydrogen-bond donors (Lipinski definition) is 2. The number of nitrogen functional groups attached to an aromatic ring is 1. The molecule has 0 spiro atoms. The van der Waals surface area contributed by atoms with Crippen molar-refractivity contribution in [3.05, 3.63) is 80.3 Å². The van der Waals surface area contributed by atoms with Gasteiger partial charge >= 0.3 is 5.63 Å². The highest BCUT2D eigenvalue weighted by atomic mass is 127. The standard InChI is InChI=1S/C26H23IN6O2/c1-14(33-25-21(23(27)32-33)24(28)30-13-31-25)22-20(17-8-2-3-9-18(17)26(34)35-22)16-7-4-6-15(12-16)19-10-5-11-29-19/h2-4,6-9,12-14,19,29H,5,10-11H2,1H3,(H2,28,30,31). The molecule has 0 aliphatic carbocycles. The van der Waals surface area contributed by atoms with Gasteiger partial charge in [-0.25, -0.2) is 19.4 Å². The van der Waals surface area contributed by atoms with Crippen molar-refractivity contribution in [2.75, 3.05) is 12.3 Å². The molecule has 6 rings (SSSR count). The van der Waals surface area contributed by atoms with Gasteiger partial charge in [0, 0.05) is 17.0 Å².